The SMILES string of the molecule is Cc1cc(NC(=O)CSc2nnc(Cc3ccccc3F)n2N)on1. The van der Waals surface area contributed by atoms with Gasteiger partial charge in [-0.15, -0.1) is 10.2 Å². The summed E-state index contributed by atoms with van der Waals surface area (Å²) in [4.78, 5) is 11.9. The normalized spacial score (nSPS) is 10.8. The summed E-state index contributed by atoms with van der Waals surface area (Å²) < 4.78 is 19.9. The first-order valence-electron chi connectivity index (χ1n) is 7.31. The second-order valence-corrected chi connectivity index (χ2v) is 6.15. The van der Waals surface area contributed by atoms with E-state index in [0.29, 0.717) is 22.2 Å². The van der Waals surface area contributed by atoms with Gasteiger partial charge >= 0.3 is 0 Å². The van der Waals surface area contributed by atoms with E-state index in [4.69, 9.17) is 10.4 Å². The maximum absolute atomic E-state index is 13.7. The molecule has 8 nitrogen and oxygen atoms in total. The molecule has 3 N–H and O–H groups in total. The summed E-state index contributed by atoms with van der Waals surface area (Å²) in [6.07, 6.45) is 0.209. The minimum Gasteiger partial charge on any atom is -0.338 e. The number of anilines is 1. The molecule has 0 fully saturated rings. The van der Waals surface area contributed by atoms with Crippen molar-refractivity contribution < 1.29 is 13.7 Å². The van der Waals surface area contributed by atoms with Crippen LogP contribution >= 0.6 is 11.8 Å². The molecule has 0 atom stereocenters. The molecule has 0 aliphatic heterocycles. The highest BCUT2D eigenvalue weighted by atomic mass is 32.2. The number of amides is 1. The molecule has 3 aromatic rings. The fourth-order valence-corrected chi connectivity index (χ4v) is 2.74. The van der Waals surface area contributed by atoms with Gasteiger partial charge in [0.25, 0.3) is 0 Å². The minimum atomic E-state index is -0.332. The molecular formula is C15H15FN6O2S. The molecule has 0 unspecified atom stereocenters. The summed E-state index contributed by atoms with van der Waals surface area (Å²) in [5.41, 5.74) is 1.14. The van der Waals surface area contributed by atoms with E-state index in [-0.39, 0.29) is 29.8 Å². The highest BCUT2D eigenvalue weighted by Crippen LogP contribution is 2.18. The van der Waals surface area contributed by atoms with Crippen LogP contribution in [0.5, 0.6) is 0 Å². The lowest BCUT2D eigenvalue weighted by Crippen LogP contribution is -2.17. The standard InChI is InChI=1S/C15H15FN6O2S/c1-9-6-14(24-21-9)18-13(23)8-25-15-20-19-12(22(15)17)7-10-4-2-3-5-11(10)16/h2-6H,7-8,17H2,1H3,(H,18,23). The van der Waals surface area contributed by atoms with Crippen LogP contribution in [0.3, 0.4) is 0 Å². The summed E-state index contributed by atoms with van der Waals surface area (Å²) in [6.45, 7) is 1.75. The minimum absolute atomic E-state index is 0.0643. The van der Waals surface area contributed by atoms with Crippen LogP contribution in [0.2, 0.25) is 0 Å². The van der Waals surface area contributed by atoms with Crippen LogP contribution in [0.4, 0.5) is 10.3 Å². The average Bonchev–Trinajstić information content (AvgIpc) is 3.14. The number of carbonyl (C=O) groups excluding carboxylic acids is 1. The Morgan fingerprint density at radius 1 is 1.40 bits per heavy atom. The van der Waals surface area contributed by atoms with Gasteiger partial charge in [0.2, 0.25) is 16.9 Å². The van der Waals surface area contributed by atoms with Crippen LogP contribution in [0.25, 0.3) is 0 Å². The second kappa shape index (κ2) is 7.34. The van der Waals surface area contributed by atoms with Gasteiger partial charge in [-0.25, -0.2) is 9.07 Å². The number of hydrogen-bond acceptors (Lipinski definition) is 7. The third-order valence-electron chi connectivity index (χ3n) is 3.26. The first-order valence-corrected chi connectivity index (χ1v) is 8.30. The van der Waals surface area contributed by atoms with E-state index in [9.17, 15) is 9.18 Å². The number of aryl methyl sites for hydroxylation is 1. The number of benzene rings is 1. The van der Waals surface area contributed by atoms with Crippen LogP contribution in [-0.4, -0.2) is 31.7 Å². The van der Waals surface area contributed by atoms with Crippen molar-refractivity contribution in [3.05, 3.63) is 53.2 Å². The molecule has 1 aromatic carbocycles. The number of nitrogen functional groups attached to an aromatic ring is 1. The molecule has 10 heteroatoms. The topological polar surface area (TPSA) is 112 Å². The summed E-state index contributed by atoms with van der Waals surface area (Å²) in [6, 6.07) is 7.99. The van der Waals surface area contributed by atoms with Gasteiger partial charge in [-0.05, 0) is 18.6 Å². The molecule has 0 saturated heterocycles. The third kappa shape index (κ3) is 4.15. The van der Waals surface area contributed by atoms with E-state index in [0.717, 1.165) is 11.8 Å². The van der Waals surface area contributed by atoms with Crippen LogP contribution in [0.1, 0.15) is 17.1 Å². The number of rotatable bonds is 6. The van der Waals surface area contributed by atoms with E-state index >= 15 is 0 Å². The van der Waals surface area contributed by atoms with E-state index in [1.165, 1.54) is 10.7 Å². The van der Waals surface area contributed by atoms with Gasteiger partial charge < -0.3 is 10.4 Å². The van der Waals surface area contributed by atoms with Crippen molar-refractivity contribution >= 4 is 23.6 Å². The lowest BCUT2D eigenvalue weighted by Gasteiger charge is -2.04. The number of halogens is 1. The highest BCUT2D eigenvalue weighted by molar-refractivity contribution is 7.99. The zero-order chi connectivity index (χ0) is 17.8. The largest absolute Gasteiger partial charge is 0.338 e. The van der Waals surface area contributed by atoms with Gasteiger partial charge in [0, 0.05) is 12.5 Å². The molecule has 2 heterocycles. The highest BCUT2D eigenvalue weighted by Gasteiger charge is 2.15. The van der Waals surface area contributed by atoms with Gasteiger partial charge in [-0.2, -0.15) is 0 Å². The number of nitrogens with two attached hydrogens (primary N) is 1. The molecule has 3 rings (SSSR count). The molecule has 25 heavy (non-hydrogen) atoms. The molecule has 2 aromatic heterocycles. The number of hydrogen-bond donors (Lipinski definition) is 2. The van der Waals surface area contributed by atoms with Crippen molar-refractivity contribution in [2.24, 2.45) is 0 Å². The molecule has 0 saturated carbocycles. The van der Waals surface area contributed by atoms with Gasteiger partial charge in [-0.3, -0.25) is 10.1 Å². The van der Waals surface area contributed by atoms with Gasteiger partial charge in [0.05, 0.1) is 11.4 Å². The Kier molecular flexibility index (Phi) is 4.98. The summed E-state index contributed by atoms with van der Waals surface area (Å²) in [7, 11) is 0. The van der Waals surface area contributed by atoms with Crippen molar-refractivity contribution in [2.45, 2.75) is 18.5 Å². The molecule has 0 aliphatic carbocycles. The van der Waals surface area contributed by atoms with E-state index in [1.54, 1.807) is 31.2 Å². The van der Waals surface area contributed by atoms with Gasteiger partial charge in [-0.1, -0.05) is 35.1 Å². The maximum Gasteiger partial charge on any atom is 0.237 e. The molecule has 0 bridgehead atoms. The second-order valence-electron chi connectivity index (χ2n) is 5.21. The zero-order valence-corrected chi connectivity index (χ0v) is 14.1. The summed E-state index contributed by atoms with van der Waals surface area (Å²) in [5.74, 6) is 6.05. The lowest BCUT2D eigenvalue weighted by atomic mass is 10.1. The molecule has 1 amide bonds. The molecule has 0 spiro atoms. The lowest BCUT2D eigenvalue weighted by molar-refractivity contribution is -0.113. The quantitative estimate of drug-likeness (QED) is 0.507. The Morgan fingerprint density at radius 3 is 2.92 bits per heavy atom. The van der Waals surface area contributed by atoms with Gasteiger partial charge in [0.15, 0.2) is 5.82 Å². The number of thioether (sulfide) groups is 1. The first kappa shape index (κ1) is 17.0. The van der Waals surface area contributed by atoms with Crippen LogP contribution < -0.4 is 11.2 Å². The molecule has 0 radical (unpaired) electrons. The Morgan fingerprint density at radius 2 is 2.20 bits per heavy atom. The van der Waals surface area contributed by atoms with Crippen molar-refractivity contribution in [3.63, 3.8) is 0 Å². The number of nitrogens with one attached hydrogen (secondary N) is 1. The third-order valence-corrected chi connectivity index (χ3v) is 4.21. The van der Waals surface area contributed by atoms with Crippen molar-refractivity contribution in [1.29, 1.82) is 0 Å². The predicted molar refractivity (Wildman–Crippen MR) is 90.0 cm³/mol. The van der Waals surface area contributed by atoms with Gasteiger partial charge in [0.1, 0.15) is 5.82 Å². The Labute approximate surface area is 146 Å². The van der Waals surface area contributed by atoms with Crippen LogP contribution in [-0.2, 0) is 11.2 Å². The zero-order valence-electron chi connectivity index (χ0n) is 13.3. The Bertz CT molecular complexity index is 894. The fraction of sp³-hybridized carbons (Fsp3) is 0.200. The molecular weight excluding hydrogens is 347 g/mol. The van der Waals surface area contributed by atoms with Crippen LogP contribution in [0, 0.1) is 12.7 Å². The Hall–Kier alpha value is -2.88. The average molecular weight is 362 g/mol. The number of aromatic nitrogens is 4. The predicted octanol–water partition coefficient (Wildman–Crippen LogP) is 1.75. The smallest absolute Gasteiger partial charge is 0.237 e. The maximum atomic E-state index is 13.7. The van der Waals surface area contributed by atoms with Crippen molar-refractivity contribution in [1.82, 2.24) is 20.0 Å². The van der Waals surface area contributed by atoms with E-state index in [1.807, 2.05) is 0 Å². The monoisotopic (exact) mass is 362 g/mol. The number of nitrogens with zero attached hydrogens (tertiary/aromatic N) is 4. The summed E-state index contributed by atoms with van der Waals surface area (Å²) >= 11 is 1.11. The van der Waals surface area contributed by atoms with E-state index < -0.39 is 0 Å². The number of carbonyl (C=O) groups is 1. The fourth-order valence-electron chi connectivity index (χ4n) is 2.06. The van der Waals surface area contributed by atoms with Crippen molar-refractivity contribution in [3.8, 4) is 0 Å². The first-order chi connectivity index (χ1) is 12.0. The molecule has 130 valence electrons. The van der Waals surface area contributed by atoms with Crippen molar-refractivity contribution in [2.75, 3.05) is 16.9 Å². The Balaban J connectivity index is 1.59. The van der Waals surface area contributed by atoms with E-state index in [2.05, 4.69) is 20.7 Å². The van der Waals surface area contributed by atoms with Crippen LogP contribution in [0.15, 0.2) is 40.0 Å². The summed E-state index contributed by atoms with van der Waals surface area (Å²) in [5, 5.41) is 14.5. The molecule has 0 aliphatic rings.